The molecule has 0 aliphatic carbocycles. The first-order valence-electron chi connectivity index (χ1n) is 6.47. The summed E-state index contributed by atoms with van der Waals surface area (Å²) < 4.78 is 12.7. The molecule has 0 aliphatic heterocycles. The smallest absolute Gasteiger partial charge is 0.319 e. The van der Waals surface area contributed by atoms with Crippen LogP contribution in [0.1, 0.15) is 26.7 Å². The molecule has 0 unspecified atom stereocenters. The van der Waals surface area contributed by atoms with Crippen LogP contribution in [0.3, 0.4) is 0 Å². The number of benzene rings is 1. The molecule has 0 aliphatic rings. The minimum Gasteiger partial charge on any atom is -0.481 e. The minimum absolute atomic E-state index is 0.0440. The van der Waals surface area contributed by atoms with Gasteiger partial charge in [-0.05, 0) is 37.1 Å². The molecular weight excluding hydrogens is 263 g/mol. The molecule has 0 spiro atoms. The lowest BCUT2D eigenvalue weighted by atomic mass is 9.82. The highest BCUT2D eigenvalue weighted by atomic mass is 19.1. The maximum Gasteiger partial charge on any atom is 0.319 e. The third-order valence-electron chi connectivity index (χ3n) is 3.50. The van der Waals surface area contributed by atoms with Crippen molar-refractivity contribution in [3.8, 4) is 0 Å². The molecule has 1 aromatic carbocycles. The largest absolute Gasteiger partial charge is 0.481 e. The Hall–Kier alpha value is -2.11. The Labute approximate surface area is 117 Å². The zero-order valence-electron chi connectivity index (χ0n) is 11.6. The first kappa shape index (κ1) is 15.9. The van der Waals surface area contributed by atoms with E-state index in [9.17, 15) is 19.1 Å². The molecular formula is C14H19FN2O3. The number of hydrogen-bond donors (Lipinski definition) is 3. The van der Waals surface area contributed by atoms with Gasteiger partial charge in [0.25, 0.3) is 0 Å². The number of nitrogens with one attached hydrogen (secondary N) is 2. The van der Waals surface area contributed by atoms with Crippen molar-refractivity contribution in [2.75, 3.05) is 11.9 Å². The van der Waals surface area contributed by atoms with Gasteiger partial charge in [-0.2, -0.15) is 0 Å². The number of aliphatic carboxylic acids is 1. The van der Waals surface area contributed by atoms with E-state index >= 15 is 0 Å². The number of carbonyl (C=O) groups excluding carboxylic acids is 1. The fraction of sp³-hybridized carbons (Fsp3) is 0.429. The van der Waals surface area contributed by atoms with Gasteiger partial charge in [0.15, 0.2) is 0 Å². The quantitative estimate of drug-likeness (QED) is 0.750. The molecule has 5 nitrogen and oxygen atoms in total. The molecule has 0 saturated carbocycles. The maximum atomic E-state index is 12.7. The Morgan fingerprint density at radius 1 is 1.20 bits per heavy atom. The molecule has 0 saturated heterocycles. The van der Waals surface area contributed by atoms with Gasteiger partial charge in [-0.15, -0.1) is 0 Å². The van der Waals surface area contributed by atoms with Crippen molar-refractivity contribution >= 4 is 17.7 Å². The van der Waals surface area contributed by atoms with Crippen molar-refractivity contribution in [1.29, 1.82) is 0 Å². The van der Waals surface area contributed by atoms with E-state index in [-0.39, 0.29) is 6.54 Å². The Morgan fingerprint density at radius 3 is 2.20 bits per heavy atom. The molecule has 110 valence electrons. The number of anilines is 1. The summed E-state index contributed by atoms with van der Waals surface area (Å²) in [5, 5.41) is 14.3. The summed E-state index contributed by atoms with van der Waals surface area (Å²) in [4.78, 5) is 23.0. The van der Waals surface area contributed by atoms with E-state index in [2.05, 4.69) is 10.6 Å². The number of carboxylic acids is 1. The van der Waals surface area contributed by atoms with Crippen molar-refractivity contribution < 1.29 is 19.1 Å². The lowest BCUT2D eigenvalue weighted by Crippen LogP contribution is -2.43. The van der Waals surface area contributed by atoms with Crippen LogP contribution in [0.4, 0.5) is 14.9 Å². The van der Waals surface area contributed by atoms with Gasteiger partial charge in [-0.3, -0.25) is 4.79 Å². The van der Waals surface area contributed by atoms with Gasteiger partial charge in [0.05, 0.1) is 5.41 Å². The molecule has 20 heavy (non-hydrogen) atoms. The van der Waals surface area contributed by atoms with E-state index in [0.29, 0.717) is 18.5 Å². The second-order valence-electron chi connectivity index (χ2n) is 4.61. The Morgan fingerprint density at radius 2 is 1.75 bits per heavy atom. The predicted octanol–water partition coefficient (Wildman–Crippen LogP) is 2.84. The van der Waals surface area contributed by atoms with E-state index in [1.165, 1.54) is 24.3 Å². The highest BCUT2D eigenvalue weighted by Crippen LogP contribution is 2.25. The number of hydrogen-bond acceptors (Lipinski definition) is 2. The third-order valence-corrected chi connectivity index (χ3v) is 3.50. The first-order chi connectivity index (χ1) is 9.43. The van der Waals surface area contributed by atoms with Crippen molar-refractivity contribution in [3.63, 3.8) is 0 Å². The number of rotatable bonds is 6. The Kier molecular flexibility index (Phi) is 5.49. The fourth-order valence-corrected chi connectivity index (χ4v) is 1.84. The fourth-order valence-electron chi connectivity index (χ4n) is 1.84. The minimum atomic E-state index is -0.958. The number of carboxylic acid groups (broad SMARTS) is 1. The maximum absolute atomic E-state index is 12.7. The Bertz CT molecular complexity index is 470. The molecule has 1 rings (SSSR count). The van der Waals surface area contributed by atoms with Crippen molar-refractivity contribution in [3.05, 3.63) is 30.1 Å². The molecule has 0 radical (unpaired) electrons. The van der Waals surface area contributed by atoms with Crippen LogP contribution in [0.5, 0.6) is 0 Å². The number of urea groups is 1. The first-order valence-corrected chi connectivity index (χ1v) is 6.47. The summed E-state index contributed by atoms with van der Waals surface area (Å²) in [5.41, 5.74) is -0.516. The molecule has 1 aromatic rings. The summed E-state index contributed by atoms with van der Waals surface area (Å²) in [7, 11) is 0. The van der Waals surface area contributed by atoms with Crippen molar-refractivity contribution in [1.82, 2.24) is 5.32 Å². The average Bonchev–Trinajstić information content (AvgIpc) is 2.43. The van der Waals surface area contributed by atoms with Crippen molar-refractivity contribution in [2.24, 2.45) is 5.41 Å². The molecule has 0 bridgehead atoms. The molecule has 0 aromatic heterocycles. The normalized spacial score (nSPS) is 10.9. The molecule has 2 amide bonds. The van der Waals surface area contributed by atoms with Crippen LogP contribution >= 0.6 is 0 Å². The second kappa shape index (κ2) is 6.88. The lowest BCUT2D eigenvalue weighted by Gasteiger charge is -2.26. The zero-order valence-corrected chi connectivity index (χ0v) is 11.6. The highest BCUT2D eigenvalue weighted by Gasteiger charge is 2.35. The van der Waals surface area contributed by atoms with Gasteiger partial charge >= 0.3 is 12.0 Å². The molecule has 0 atom stereocenters. The third kappa shape index (κ3) is 3.94. The summed E-state index contributed by atoms with van der Waals surface area (Å²) in [6, 6.07) is 4.81. The van der Waals surface area contributed by atoms with E-state index in [0.717, 1.165) is 0 Å². The number of halogens is 1. The monoisotopic (exact) mass is 282 g/mol. The average molecular weight is 282 g/mol. The Balaban J connectivity index is 2.58. The van der Waals surface area contributed by atoms with Gasteiger partial charge in [0.1, 0.15) is 5.82 Å². The van der Waals surface area contributed by atoms with Crippen molar-refractivity contribution in [2.45, 2.75) is 26.7 Å². The second-order valence-corrected chi connectivity index (χ2v) is 4.61. The molecule has 0 fully saturated rings. The molecule has 6 heteroatoms. The highest BCUT2D eigenvalue weighted by molar-refractivity contribution is 5.89. The van der Waals surface area contributed by atoms with Crippen LogP contribution in [-0.4, -0.2) is 23.7 Å². The summed E-state index contributed by atoms with van der Waals surface area (Å²) in [6.07, 6.45) is 0.853. The van der Waals surface area contributed by atoms with E-state index in [1.54, 1.807) is 13.8 Å². The van der Waals surface area contributed by atoms with Crippen LogP contribution in [0.25, 0.3) is 0 Å². The van der Waals surface area contributed by atoms with E-state index in [4.69, 9.17) is 0 Å². The van der Waals surface area contributed by atoms with E-state index < -0.39 is 23.2 Å². The zero-order chi connectivity index (χ0) is 15.2. The van der Waals surface area contributed by atoms with Gasteiger partial charge in [-0.25, -0.2) is 9.18 Å². The van der Waals surface area contributed by atoms with Gasteiger partial charge in [-0.1, -0.05) is 13.8 Å². The van der Waals surface area contributed by atoms with Gasteiger partial charge in [0.2, 0.25) is 0 Å². The van der Waals surface area contributed by atoms with Crippen LogP contribution in [0.2, 0.25) is 0 Å². The van der Waals surface area contributed by atoms with Crippen LogP contribution in [-0.2, 0) is 4.79 Å². The van der Waals surface area contributed by atoms with Gasteiger partial charge in [0, 0.05) is 12.2 Å². The number of carbonyl (C=O) groups is 2. The summed E-state index contributed by atoms with van der Waals surface area (Å²) in [6.45, 7) is 3.59. The lowest BCUT2D eigenvalue weighted by molar-refractivity contribution is -0.149. The van der Waals surface area contributed by atoms with E-state index in [1.807, 2.05) is 0 Å². The summed E-state index contributed by atoms with van der Waals surface area (Å²) in [5.74, 6) is -1.32. The predicted molar refractivity (Wildman–Crippen MR) is 74.1 cm³/mol. The summed E-state index contributed by atoms with van der Waals surface area (Å²) >= 11 is 0. The van der Waals surface area contributed by atoms with Crippen LogP contribution in [0, 0.1) is 11.2 Å². The van der Waals surface area contributed by atoms with Crippen LogP contribution < -0.4 is 10.6 Å². The topological polar surface area (TPSA) is 78.4 Å². The SMILES string of the molecule is CCC(CC)(CNC(=O)Nc1ccc(F)cc1)C(=O)O. The van der Waals surface area contributed by atoms with Gasteiger partial charge < -0.3 is 15.7 Å². The number of amides is 2. The van der Waals surface area contributed by atoms with Crippen LogP contribution in [0.15, 0.2) is 24.3 Å². The standard InChI is InChI=1S/C14H19FN2O3/c1-3-14(4-2,12(18)19)9-16-13(20)17-11-7-5-10(15)6-8-11/h5-8H,3-4,9H2,1-2H3,(H,18,19)(H2,16,17,20). The molecule has 3 N–H and O–H groups in total. The molecule has 0 heterocycles.